The molecule has 0 unspecified atom stereocenters. The van der Waals surface area contributed by atoms with Crippen LogP contribution in [0.4, 0.5) is 5.69 Å². The van der Waals surface area contributed by atoms with Gasteiger partial charge in [0.05, 0.1) is 23.7 Å². The van der Waals surface area contributed by atoms with Gasteiger partial charge >= 0.3 is 0 Å². The highest BCUT2D eigenvalue weighted by atomic mass is 35.5. The minimum absolute atomic E-state index is 0.154. The summed E-state index contributed by atoms with van der Waals surface area (Å²) in [5.74, 6) is 0.698. The molecular formula is C26H27ClN2O3S. The first kappa shape index (κ1) is 23.4. The molecule has 0 aromatic heterocycles. The molecule has 4 rings (SSSR count). The summed E-state index contributed by atoms with van der Waals surface area (Å²) < 4.78 is 34.7. The van der Waals surface area contributed by atoms with Crippen LogP contribution in [0.1, 0.15) is 12.0 Å². The van der Waals surface area contributed by atoms with E-state index in [0.29, 0.717) is 23.1 Å². The van der Waals surface area contributed by atoms with Gasteiger partial charge in [0.15, 0.2) is 0 Å². The van der Waals surface area contributed by atoms with Gasteiger partial charge in [-0.1, -0.05) is 60.2 Å². The van der Waals surface area contributed by atoms with Crippen molar-refractivity contribution in [1.29, 1.82) is 0 Å². The third-order valence-electron chi connectivity index (χ3n) is 5.50. The van der Waals surface area contributed by atoms with Gasteiger partial charge in [-0.05, 0) is 48.9 Å². The van der Waals surface area contributed by atoms with Crippen molar-refractivity contribution >= 4 is 27.3 Å². The van der Waals surface area contributed by atoms with Crippen molar-refractivity contribution in [2.24, 2.45) is 0 Å². The first-order valence-corrected chi connectivity index (χ1v) is 12.8. The monoisotopic (exact) mass is 482 g/mol. The molecule has 0 aliphatic carbocycles. The van der Waals surface area contributed by atoms with E-state index < -0.39 is 10.0 Å². The fourth-order valence-electron chi connectivity index (χ4n) is 3.75. The number of rotatable bonds is 10. The Bertz CT molecular complexity index is 1170. The smallest absolute Gasteiger partial charge is 0.264 e. The van der Waals surface area contributed by atoms with E-state index in [-0.39, 0.29) is 11.4 Å². The van der Waals surface area contributed by atoms with E-state index in [1.165, 1.54) is 16.4 Å². The van der Waals surface area contributed by atoms with E-state index >= 15 is 0 Å². The largest absolute Gasteiger partial charge is 0.493 e. The molecule has 3 aromatic rings. The minimum Gasteiger partial charge on any atom is -0.493 e. The molecule has 0 saturated carbocycles. The number of hydrogen-bond acceptors (Lipinski definition) is 4. The number of benzene rings is 3. The van der Waals surface area contributed by atoms with Crippen LogP contribution in [-0.2, 0) is 16.6 Å². The van der Waals surface area contributed by atoms with E-state index in [9.17, 15) is 8.42 Å². The number of anilines is 1. The molecule has 0 spiro atoms. The fraction of sp³-hybridized carbons (Fsp3) is 0.231. The summed E-state index contributed by atoms with van der Waals surface area (Å²) in [5.41, 5.74) is 1.39. The van der Waals surface area contributed by atoms with Crippen molar-refractivity contribution in [3.05, 3.63) is 102 Å². The zero-order valence-electron chi connectivity index (χ0n) is 18.3. The predicted octanol–water partition coefficient (Wildman–Crippen LogP) is 5.38. The van der Waals surface area contributed by atoms with Crippen LogP contribution in [0, 0.1) is 0 Å². The first-order valence-electron chi connectivity index (χ1n) is 11.0. The van der Waals surface area contributed by atoms with Crippen LogP contribution in [0.2, 0.25) is 5.02 Å². The van der Waals surface area contributed by atoms with Crippen LogP contribution in [0.15, 0.2) is 95.9 Å². The average Bonchev–Trinajstić information content (AvgIpc) is 3.35. The zero-order valence-corrected chi connectivity index (χ0v) is 19.9. The van der Waals surface area contributed by atoms with Crippen LogP contribution in [0.25, 0.3) is 0 Å². The van der Waals surface area contributed by atoms with Crippen LogP contribution < -0.4 is 9.04 Å². The van der Waals surface area contributed by atoms with Gasteiger partial charge in [-0.3, -0.25) is 9.21 Å². The summed E-state index contributed by atoms with van der Waals surface area (Å²) >= 11 is 5.98. The Morgan fingerprint density at radius 3 is 2.27 bits per heavy atom. The third-order valence-corrected chi connectivity index (χ3v) is 7.54. The minimum atomic E-state index is -3.82. The summed E-state index contributed by atoms with van der Waals surface area (Å²) in [4.78, 5) is 2.54. The van der Waals surface area contributed by atoms with Gasteiger partial charge in [0.2, 0.25) is 0 Å². The van der Waals surface area contributed by atoms with Crippen molar-refractivity contribution in [3.8, 4) is 5.75 Å². The number of halogens is 1. The topological polar surface area (TPSA) is 49.9 Å². The second-order valence-electron chi connectivity index (χ2n) is 7.84. The van der Waals surface area contributed by atoms with Crippen molar-refractivity contribution in [3.63, 3.8) is 0 Å². The lowest BCUT2D eigenvalue weighted by molar-refractivity contribution is 0.266. The standard InChI is InChI=1S/C26H27ClN2O3S/c27-23-13-15-25(16-14-23)33(30,31)29(24-10-2-1-3-11-24)21-22-9-4-5-12-26(22)32-20-8-19-28-17-6-7-18-28/h1-7,9-16H,8,17-21H2. The molecule has 1 aliphatic rings. The quantitative estimate of drug-likeness (QED) is 0.287. The highest BCUT2D eigenvalue weighted by Crippen LogP contribution is 2.29. The van der Waals surface area contributed by atoms with Gasteiger partial charge in [-0.2, -0.15) is 0 Å². The van der Waals surface area contributed by atoms with Gasteiger partial charge in [0.25, 0.3) is 10.0 Å². The number of ether oxygens (including phenoxy) is 1. The van der Waals surface area contributed by atoms with Gasteiger partial charge < -0.3 is 4.74 Å². The predicted molar refractivity (Wildman–Crippen MR) is 133 cm³/mol. The van der Waals surface area contributed by atoms with Crippen molar-refractivity contribution in [1.82, 2.24) is 4.90 Å². The third kappa shape index (κ3) is 5.96. The molecule has 0 radical (unpaired) electrons. The Morgan fingerprint density at radius 2 is 1.55 bits per heavy atom. The van der Waals surface area contributed by atoms with E-state index in [0.717, 1.165) is 31.6 Å². The molecule has 3 aromatic carbocycles. The Morgan fingerprint density at radius 1 is 0.879 bits per heavy atom. The first-order chi connectivity index (χ1) is 16.0. The zero-order chi connectivity index (χ0) is 23.1. The average molecular weight is 483 g/mol. The Labute approximate surface area is 200 Å². The van der Waals surface area contributed by atoms with E-state index in [2.05, 4.69) is 17.1 Å². The summed E-state index contributed by atoms with van der Waals surface area (Å²) in [6, 6.07) is 23.0. The lowest BCUT2D eigenvalue weighted by atomic mass is 10.2. The van der Waals surface area contributed by atoms with E-state index in [1.807, 2.05) is 42.5 Å². The second-order valence-corrected chi connectivity index (χ2v) is 10.1. The SMILES string of the molecule is O=S(=O)(c1ccc(Cl)cc1)N(Cc1ccccc1OCCCN1CC=CC1)c1ccccc1. The Balaban J connectivity index is 1.55. The van der Waals surface area contributed by atoms with Gasteiger partial charge in [-0.15, -0.1) is 0 Å². The van der Waals surface area contributed by atoms with Gasteiger partial charge in [0.1, 0.15) is 5.75 Å². The van der Waals surface area contributed by atoms with Crippen LogP contribution in [0.5, 0.6) is 5.75 Å². The van der Waals surface area contributed by atoms with E-state index in [1.54, 1.807) is 24.3 Å². The molecule has 1 aliphatic heterocycles. The summed E-state index contributed by atoms with van der Waals surface area (Å²) in [6.07, 6.45) is 5.26. The molecule has 0 fully saturated rings. The molecule has 172 valence electrons. The molecule has 0 bridgehead atoms. The molecular weight excluding hydrogens is 456 g/mol. The van der Waals surface area contributed by atoms with Gasteiger partial charge in [-0.25, -0.2) is 8.42 Å². The molecule has 0 atom stereocenters. The normalized spacial score (nSPS) is 13.8. The van der Waals surface area contributed by atoms with Crippen LogP contribution >= 0.6 is 11.6 Å². The lowest BCUT2D eigenvalue weighted by Gasteiger charge is -2.26. The van der Waals surface area contributed by atoms with Crippen LogP contribution in [0.3, 0.4) is 0 Å². The van der Waals surface area contributed by atoms with Crippen molar-refractivity contribution < 1.29 is 13.2 Å². The number of nitrogens with zero attached hydrogens (tertiary/aromatic N) is 2. The van der Waals surface area contributed by atoms with Gasteiger partial charge in [0, 0.05) is 30.2 Å². The fourth-order valence-corrected chi connectivity index (χ4v) is 5.32. The summed E-state index contributed by atoms with van der Waals surface area (Å²) in [6.45, 7) is 3.68. The maximum atomic E-state index is 13.6. The number of sulfonamides is 1. The lowest BCUT2D eigenvalue weighted by Crippen LogP contribution is -2.30. The maximum Gasteiger partial charge on any atom is 0.264 e. The van der Waals surface area contributed by atoms with Crippen LogP contribution in [-0.4, -0.2) is 39.6 Å². The highest BCUT2D eigenvalue weighted by Gasteiger charge is 2.26. The van der Waals surface area contributed by atoms with E-state index in [4.69, 9.17) is 16.3 Å². The highest BCUT2D eigenvalue weighted by molar-refractivity contribution is 7.92. The Hall–Kier alpha value is -2.80. The Kier molecular flexibility index (Phi) is 7.70. The molecule has 0 N–H and O–H groups in total. The summed E-state index contributed by atoms with van der Waals surface area (Å²) in [5, 5.41) is 0.490. The number of para-hydroxylation sites is 2. The molecule has 0 amide bonds. The summed E-state index contributed by atoms with van der Waals surface area (Å²) in [7, 11) is -3.82. The van der Waals surface area contributed by atoms with Crippen molar-refractivity contribution in [2.75, 3.05) is 30.5 Å². The molecule has 33 heavy (non-hydrogen) atoms. The number of hydrogen-bond donors (Lipinski definition) is 0. The molecule has 7 heteroatoms. The second kappa shape index (κ2) is 10.9. The maximum absolute atomic E-state index is 13.6. The van der Waals surface area contributed by atoms with Crippen molar-refractivity contribution in [2.45, 2.75) is 17.9 Å². The molecule has 1 heterocycles. The molecule has 0 saturated heterocycles. The molecule has 5 nitrogen and oxygen atoms in total.